The van der Waals surface area contributed by atoms with Gasteiger partial charge in [-0.1, -0.05) is 30.8 Å². The Balaban J connectivity index is 1.90. The molecule has 1 unspecified atom stereocenters. The van der Waals surface area contributed by atoms with Crippen LogP contribution >= 0.6 is 11.8 Å². The van der Waals surface area contributed by atoms with Crippen LogP contribution in [0.5, 0.6) is 0 Å². The van der Waals surface area contributed by atoms with Crippen molar-refractivity contribution in [3.8, 4) is 0 Å². The highest BCUT2D eigenvalue weighted by molar-refractivity contribution is 7.99. The SMILES string of the molecule is CCc1nc(SCC(=O)N2c3ccccc3NC(=O)CC2C(F)(F)F)n[nH]1. The quantitative estimate of drug-likeness (QED) is 0.772. The number of aromatic nitrogens is 3. The number of hydrogen-bond acceptors (Lipinski definition) is 5. The van der Waals surface area contributed by atoms with E-state index in [0.717, 1.165) is 11.8 Å². The maximum absolute atomic E-state index is 13.6. The molecule has 2 amide bonds. The van der Waals surface area contributed by atoms with E-state index in [1.54, 1.807) is 6.07 Å². The predicted octanol–water partition coefficient (Wildman–Crippen LogP) is 2.77. The first-order valence-corrected chi connectivity index (χ1v) is 9.10. The number of aromatic amines is 1. The first kappa shape index (κ1) is 19.2. The Labute approximate surface area is 156 Å². The number of alkyl halides is 3. The fourth-order valence-electron chi connectivity index (χ4n) is 2.69. The molecule has 1 aliphatic rings. The molecule has 2 aromatic rings. The van der Waals surface area contributed by atoms with Gasteiger partial charge in [-0.15, -0.1) is 5.10 Å². The van der Waals surface area contributed by atoms with Crippen molar-refractivity contribution in [2.75, 3.05) is 16.0 Å². The third kappa shape index (κ3) is 4.24. The zero-order valence-corrected chi connectivity index (χ0v) is 15.0. The first-order chi connectivity index (χ1) is 12.8. The van der Waals surface area contributed by atoms with Crippen molar-refractivity contribution >= 4 is 35.0 Å². The molecule has 2 heterocycles. The molecule has 1 atom stereocenters. The smallest absolute Gasteiger partial charge is 0.324 e. The molecule has 0 saturated heterocycles. The molecular weight excluding hydrogens is 383 g/mol. The number of hydrogen-bond donors (Lipinski definition) is 2. The summed E-state index contributed by atoms with van der Waals surface area (Å²) in [5.74, 6) is -1.26. The van der Waals surface area contributed by atoms with E-state index < -0.39 is 30.5 Å². The van der Waals surface area contributed by atoms with Gasteiger partial charge < -0.3 is 5.32 Å². The van der Waals surface area contributed by atoms with Gasteiger partial charge in [0, 0.05) is 6.42 Å². The second-order valence-electron chi connectivity index (χ2n) is 5.80. The van der Waals surface area contributed by atoms with Crippen LogP contribution in [0.25, 0.3) is 0 Å². The number of carbonyl (C=O) groups is 2. The molecule has 11 heteroatoms. The molecular formula is C16H16F3N5O2S. The summed E-state index contributed by atoms with van der Waals surface area (Å²) >= 11 is 0.936. The van der Waals surface area contributed by atoms with Crippen molar-refractivity contribution in [3.63, 3.8) is 0 Å². The zero-order valence-electron chi connectivity index (χ0n) is 14.2. The lowest BCUT2D eigenvalue weighted by atomic mass is 10.1. The average molecular weight is 399 g/mol. The van der Waals surface area contributed by atoms with Crippen LogP contribution in [0.2, 0.25) is 0 Å². The molecule has 0 saturated carbocycles. The van der Waals surface area contributed by atoms with Crippen LogP contribution in [0, 0.1) is 0 Å². The van der Waals surface area contributed by atoms with Gasteiger partial charge in [0.1, 0.15) is 11.9 Å². The molecule has 0 fully saturated rings. The minimum atomic E-state index is -4.75. The summed E-state index contributed by atoms with van der Waals surface area (Å²) in [6, 6.07) is 3.68. The number of nitrogens with one attached hydrogen (secondary N) is 2. The Morgan fingerprint density at radius 1 is 1.37 bits per heavy atom. The van der Waals surface area contributed by atoms with Crippen LogP contribution in [0.3, 0.4) is 0 Å². The zero-order chi connectivity index (χ0) is 19.6. The van der Waals surface area contributed by atoms with Gasteiger partial charge in [0.25, 0.3) is 0 Å². The van der Waals surface area contributed by atoms with Crippen LogP contribution < -0.4 is 10.2 Å². The fraction of sp³-hybridized carbons (Fsp3) is 0.375. The first-order valence-electron chi connectivity index (χ1n) is 8.11. The summed E-state index contributed by atoms with van der Waals surface area (Å²) in [4.78, 5) is 29.4. The Hall–Kier alpha value is -2.56. The van der Waals surface area contributed by atoms with Crippen LogP contribution in [0.1, 0.15) is 19.2 Å². The van der Waals surface area contributed by atoms with E-state index in [2.05, 4.69) is 20.5 Å². The fourth-order valence-corrected chi connectivity index (χ4v) is 3.37. The molecule has 0 bridgehead atoms. The summed E-state index contributed by atoms with van der Waals surface area (Å²) < 4.78 is 40.8. The molecule has 0 radical (unpaired) electrons. The number of H-pyrrole nitrogens is 1. The van der Waals surface area contributed by atoms with Crippen LogP contribution in [0.15, 0.2) is 29.4 Å². The van der Waals surface area contributed by atoms with Gasteiger partial charge in [-0.2, -0.15) is 13.2 Å². The molecule has 0 aliphatic carbocycles. The molecule has 0 spiro atoms. The monoisotopic (exact) mass is 399 g/mol. The van der Waals surface area contributed by atoms with E-state index in [1.165, 1.54) is 18.2 Å². The lowest BCUT2D eigenvalue weighted by Gasteiger charge is -2.31. The number of halogens is 3. The summed E-state index contributed by atoms with van der Waals surface area (Å²) in [6.45, 7) is 1.87. The second-order valence-corrected chi connectivity index (χ2v) is 6.74. The van der Waals surface area contributed by atoms with E-state index in [4.69, 9.17) is 0 Å². The standard InChI is InChI=1S/C16H16F3N5O2S/c1-2-12-21-15(23-22-12)27-8-14(26)24-10-6-4-3-5-9(10)20-13(25)7-11(24)16(17,18)19/h3-6,11H,2,7-8H2,1H3,(H,20,25)(H,21,22,23). The topological polar surface area (TPSA) is 91.0 Å². The number of anilines is 2. The second kappa shape index (κ2) is 7.59. The molecule has 27 heavy (non-hydrogen) atoms. The number of fused-ring (bicyclic) bond motifs is 1. The van der Waals surface area contributed by atoms with E-state index >= 15 is 0 Å². The van der Waals surface area contributed by atoms with Crippen molar-refractivity contribution < 1.29 is 22.8 Å². The number of thioether (sulfide) groups is 1. The molecule has 1 aromatic carbocycles. The van der Waals surface area contributed by atoms with Crippen LogP contribution in [0.4, 0.5) is 24.5 Å². The Bertz CT molecular complexity index is 855. The molecule has 144 valence electrons. The molecule has 3 rings (SSSR count). The van der Waals surface area contributed by atoms with Gasteiger partial charge in [-0.05, 0) is 12.1 Å². The molecule has 7 nitrogen and oxygen atoms in total. The minimum absolute atomic E-state index is 0.0144. The number of rotatable bonds is 4. The number of amides is 2. The van der Waals surface area contributed by atoms with Gasteiger partial charge in [-0.25, -0.2) is 4.98 Å². The van der Waals surface area contributed by atoms with E-state index in [1.807, 2.05) is 6.92 Å². The Kier molecular flexibility index (Phi) is 5.40. The number of aryl methyl sites for hydroxylation is 1. The third-order valence-corrected chi connectivity index (χ3v) is 4.78. The Morgan fingerprint density at radius 2 is 2.11 bits per heavy atom. The molecule has 1 aliphatic heterocycles. The van der Waals surface area contributed by atoms with Gasteiger partial charge >= 0.3 is 6.18 Å². The highest BCUT2D eigenvalue weighted by atomic mass is 32.2. The summed E-state index contributed by atoms with van der Waals surface area (Å²) in [7, 11) is 0. The third-order valence-electron chi connectivity index (χ3n) is 3.95. The normalized spacial score (nSPS) is 17.3. The van der Waals surface area contributed by atoms with Crippen molar-refractivity contribution in [1.29, 1.82) is 0 Å². The number of carbonyl (C=O) groups excluding carboxylic acids is 2. The largest absolute Gasteiger partial charge is 0.409 e. The minimum Gasteiger partial charge on any atom is -0.324 e. The molecule has 1 aromatic heterocycles. The summed E-state index contributed by atoms with van der Waals surface area (Å²) in [6.07, 6.45) is -5.00. The van der Waals surface area contributed by atoms with Crippen molar-refractivity contribution in [2.45, 2.75) is 37.1 Å². The van der Waals surface area contributed by atoms with Crippen molar-refractivity contribution in [3.05, 3.63) is 30.1 Å². The van der Waals surface area contributed by atoms with Crippen LogP contribution in [-0.4, -0.2) is 45.0 Å². The van der Waals surface area contributed by atoms with Gasteiger partial charge in [0.05, 0.1) is 23.5 Å². The Morgan fingerprint density at radius 3 is 2.78 bits per heavy atom. The van der Waals surface area contributed by atoms with Crippen molar-refractivity contribution in [1.82, 2.24) is 15.2 Å². The van der Waals surface area contributed by atoms with Gasteiger partial charge in [0.15, 0.2) is 0 Å². The lowest BCUT2D eigenvalue weighted by molar-refractivity contribution is -0.157. The van der Waals surface area contributed by atoms with Gasteiger partial charge in [-0.3, -0.25) is 19.6 Å². The maximum atomic E-state index is 13.6. The van der Waals surface area contributed by atoms with E-state index in [9.17, 15) is 22.8 Å². The summed E-state index contributed by atoms with van der Waals surface area (Å²) in [5, 5.41) is 9.30. The maximum Gasteiger partial charge on any atom is 0.409 e. The van der Waals surface area contributed by atoms with Gasteiger partial charge in [0.2, 0.25) is 17.0 Å². The number of para-hydroxylation sites is 2. The van der Waals surface area contributed by atoms with Crippen molar-refractivity contribution in [2.24, 2.45) is 0 Å². The van der Waals surface area contributed by atoms with Crippen LogP contribution in [-0.2, 0) is 16.0 Å². The molecule has 2 N–H and O–H groups in total. The van der Waals surface area contributed by atoms with E-state index in [-0.39, 0.29) is 22.3 Å². The number of benzene rings is 1. The van der Waals surface area contributed by atoms with E-state index in [0.29, 0.717) is 17.1 Å². The number of nitrogens with zero attached hydrogens (tertiary/aromatic N) is 3. The lowest BCUT2D eigenvalue weighted by Crippen LogP contribution is -2.50. The average Bonchev–Trinajstić information content (AvgIpc) is 3.01. The highest BCUT2D eigenvalue weighted by Crippen LogP contribution is 2.38. The highest BCUT2D eigenvalue weighted by Gasteiger charge is 2.48. The summed E-state index contributed by atoms with van der Waals surface area (Å²) in [5.41, 5.74) is 0.180. The predicted molar refractivity (Wildman–Crippen MR) is 93.5 cm³/mol.